The van der Waals surface area contributed by atoms with Crippen molar-refractivity contribution >= 4 is 33.2 Å². The third-order valence-corrected chi connectivity index (χ3v) is 5.54. The lowest BCUT2D eigenvalue weighted by molar-refractivity contribution is -0.122. The van der Waals surface area contributed by atoms with Crippen LogP contribution in [0.5, 0.6) is 5.75 Å². The number of nitrogens with zero attached hydrogens (tertiary/aromatic N) is 1. The van der Waals surface area contributed by atoms with E-state index in [2.05, 4.69) is 5.32 Å². The van der Waals surface area contributed by atoms with E-state index in [-0.39, 0.29) is 12.6 Å². The van der Waals surface area contributed by atoms with Gasteiger partial charge < -0.3 is 10.1 Å². The molecular weight excluding hydrogens is 400 g/mol. The van der Waals surface area contributed by atoms with Gasteiger partial charge in [-0.25, -0.2) is 8.42 Å². The van der Waals surface area contributed by atoms with Gasteiger partial charge in [0.2, 0.25) is 15.9 Å². The van der Waals surface area contributed by atoms with Gasteiger partial charge in [-0.2, -0.15) is 0 Å². The fourth-order valence-corrected chi connectivity index (χ4v) is 4.03. The maximum atomic E-state index is 12.7. The number of amides is 1. The van der Waals surface area contributed by atoms with Crippen LogP contribution in [0.25, 0.3) is 0 Å². The van der Waals surface area contributed by atoms with Gasteiger partial charge in [0.05, 0.1) is 18.0 Å². The van der Waals surface area contributed by atoms with Gasteiger partial charge in [-0.1, -0.05) is 35.4 Å². The highest BCUT2D eigenvalue weighted by molar-refractivity contribution is 7.92. The lowest BCUT2D eigenvalue weighted by Crippen LogP contribution is -2.50. The zero-order chi connectivity index (χ0) is 20.9. The van der Waals surface area contributed by atoms with E-state index in [1.807, 2.05) is 31.2 Å². The van der Waals surface area contributed by atoms with E-state index < -0.39 is 22.0 Å². The molecule has 6 nitrogen and oxygen atoms in total. The highest BCUT2D eigenvalue weighted by Crippen LogP contribution is 2.24. The third-order valence-electron chi connectivity index (χ3n) is 4.06. The van der Waals surface area contributed by atoms with Gasteiger partial charge in [-0.3, -0.25) is 9.10 Å². The summed E-state index contributed by atoms with van der Waals surface area (Å²) in [6.07, 6.45) is 1.06. The predicted octanol–water partition coefficient (Wildman–Crippen LogP) is 3.39. The molecule has 0 saturated carbocycles. The maximum Gasteiger partial charge on any atom is 0.243 e. The molecule has 0 aromatic heterocycles. The number of halogens is 1. The molecule has 2 aromatic rings. The molecule has 0 fully saturated rings. The summed E-state index contributed by atoms with van der Waals surface area (Å²) in [7, 11) is -3.69. The minimum Gasteiger partial charge on any atom is -0.491 e. The van der Waals surface area contributed by atoms with Crippen molar-refractivity contribution in [2.45, 2.75) is 32.9 Å². The van der Waals surface area contributed by atoms with E-state index in [0.29, 0.717) is 16.5 Å². The fraction of sp³-hybridized carbons (Fsp3) is 0.350. The molecule has 2 aromatic carbocycles. The summed E-state index contributed by atoms with van der Waals surface area (Å²) in [4.78, 5) is 12.7. The Morgan fingerprint density at radius 1 is 1.18 bits per heavy atom. The summed E-state index contributed by atoms with van der Waals surface area (Å²) < 4.78 is 31.3. The van der Waals surface area contributed by atoms with E-state index >= 15 is 0 Å². The second-order valence-electron chi connectivity index (χ2n) is 6.75. The Labute approximate surface area is 171 Å². The highest BCUT2D eigenvalue weighted by atomic mass is 35.5. The molecule has 2 atom stereocenters. The molecule has 0 aliphatic carbocycles. The van der Waals surface area contributed by atoms with Gasteiger partial charge >= 0.3 is 0 Å². The Hall–Kier alpha value is -2.25. The van der Waals surface area contributed by atoms with E-state index in [1.165, 1.54) is 13.0 Å². The van der Waals surface area contributed by atoms with Gasteiger partial charge in [0.25, 0.3) is 0 Å². The summed E-state index contributed by atoms with van der Waals surface area (Å²) in [5.74, 6) is 0.279. The Kier molecular flexibility index (Phi) is 7.32. The van der Waals surface area contributed by atoms with Gasteiger partial charge in [0.15, 0.2) is 0 Å². The lowest BCUT2D eigenvalue weighted by atomic mass is 10.2. The number of sulfonamides is 1. The first kappa shape index (κ1) is 22.0. The summed E-state index contributed by atoms with van der Waals surface area (Å²) in [6.45, 7) is 5.58. The monoisotopic (exact) mass is 424 g/mol. The van der Waals surface area contributed by atoms with Crippen LogP contribution < -0.4 is 14.4 Å². The molecule has 0 aliphatic heterocycles. The Balaban J connectivity index is 2.04. The number of nitrogens with one attached hydrogen (secondary N) is 1. The van der Waals surface area contributed by atoms with E-state index in [0.717, 1.165) is 16.1 Å². The van der Waals surface area contributed by atoms with Crippen molar-refractivity contribution in [2.24, 2.45) is 0 Å². The molecule has 1 amide bonds. The summed E-state index contributed by atoms with van der Waals surface area (Å²) in [5, 5.41) is 3.18. The summed E-state index contributed by atoms with van der Waals surface area (Å²) in [6, 6.07) is 12.7. The summed E-state index contributed by atoms with van der Waals surface area (Å²) in [5.41, 5.74) is 1.46. The second kappa shape index (κ2) is 9.30. The number of anilines is 1. The standard InChI is InChI=1S/C20H25ClN2O4S/c1-14-8-10-19(11-9-14)27-13-15(2)22-20(24)16(3)23(28(4,25)26)18-7-5-6-17(21)12-18/h5-12,15-16H,13H2,1-4H3,(H,22,24)/t15-,16+/m1/s1. The fourth-order valence-electron chi connectivity index (χ4n) is 2.68. The number of rotatable bonds is 8. The molecule has 28 heavy (non-hydrogen) atoms. The number of hydrogen-bond donors (Lipinski definition) is 1. The first-order valence-electron chi connectivity index (χ1n) is 8.82. The van der Waals surface area contributed by atoms with Gasteiger partial charge in [0, 0.05) is 5.02 Å². The van der Waals surface area contributed by atoms with Crippen molar-refractivity contribution in [1.82, 2.24) is 5.32 Å². The number of aryl methyl sites for hydroxylation is 1. The quantitative estimate of drug-likeness (QED) is 0.704. The maximum absolute atomic E-state index is 12.7. The van der Waals surface area contributed by atoms with Crippen LogP contribution in [0.3, 0.4) is 0 Å². The zero-order valence-electron chi connectivity index (χ0n) is 16.3. The van der Waals surface area contributed by atoms with Crippen molar-refractivity contribution in [1.29, 1.82) is 0 Å². The number of carbonyl (C=O) groups is 1. The topological polar surface area (TPSA) is 75.7 Å². The number of carbonyl (C=O) groups excluding carboxylic acids is 1. The first-order chi connectivity index (χ1) is 13.1. The summed E-state index contributed by atoms with van der Waals surface area (Å²) >= 11 is 5.98. The smallest absolute Gasteiger partial charge is 0.243 e. The minimum atomic E-state index is -3.69. The van der Waals surface area contributed by atoms with Gasteiger partial charge in [-0.15, -0.1) is 0 Å². The molecule has 0 heterocycles. The van der Waals surface area contributed by atoms with Crippen LogP contribution in [0.4, 0.5) is 5.69 Å². The van der Waals surface area contributed by atoms with Crippen molar-refractivity contribution in [3.8, 4) is 5.75 Å². The molecule has 0 unspecified atom stereocenters. The van der Waals surface area contributed by atoms with Crippen LogP contribution in [0.1, 0.15) is 19.4 Å². The van der Waals surface area contributed by atoms with Crippen molar-refractivity contribution in [2.75, 3.05) is 17.2 Å². The van der Waals surface area contributed by atoms with E-state index in [4.69, 9.17) is 16.3 Å². The molecule has 152 valence electrons. The number of benzene rings is 2. The third kappa shape index (κ3) is 6.14. The van der Waals surface area contributed by atoms with Crippen LogP contribution in [-0.2, 0) is 14.8 Å². The Morgan fingerprint density at radius 3 is 2.39 bits per heavy atom. The minimum absolute atomic E-state index is 0.261. The molecule has 0 aliphatic rings. The first-order valence-corrected chi connectivity index (χ1v) is 11.1. The van der Waals surface area contributed by atoms with Crippen LogP contribution in [0.2, 0.25) is 5.02 Å². The van der Waals surface area contributed by atoms with Crippen molar-refractivity contribution in [3.63, 3.8) is 0 Å². The zero-order valence-corrected chi connectivity index (χ0v) is 17.9. The average molecular weight is 425 g/mol. The normalized spacial score (nSPS) is 13.5. The van der Waals surface area contributed by atoms with Gasteiger partial charge in [0.1, 0.15) is 18.4 Å². The number of hydrogen-bond acceptors (Lipinski definition) is 4. The molecule has 1 N–H and O–H groups in total. The van der Waals surface area contributed by atoms with E-state index in [1.54, 1.807) is 25.1 Å². The Morgan fingerprint density at radius 2 is 1.82 bits per heavy atom. The number of ether oxygens (including phenoxy) is 1. The largest absolute Gasteiger partial charge is 0.491 e. The highest BCUT2D eigenvalue weighted by Gasteiger charge is 2.29. The molecular formula is C20H25ClN2O4S. The van der Waals surface area contributed by atoms with Gasteiger partial charge in [-0.05, 0) is 51.1 Å². The second-order valence-corrected chi connectivity index (χ2v) is 9.04. The predicted molar refractivity (Wildman–Crippen MR) is 113 cm³/mol. The van der Waals surface area contributed by atoms with Crippen molar-refractivity contribution < 1.29 is 17.9 Å². The van der Waals surface area contributed by atoms with Crippen LogP contribution >= 0.6 is 11.6 Å². The van der Waals surface area contributed by atoms with E-state index in [9.17, 15) is 13.2 Å². The molecule has 0 radical (unpaired) electrons. The van der Waals surface area contributed by atoms with Crippen LogP contribution in [0.15, 0.2) is 48.5 Å². The van der Waals surface area contributed by atoms with Crippen molar-refractivity contribution in [3.05, 3.63) is 59.1 Å². The average Bonchev–Trinajstić information content (AvgIpc) is 2.60. The molecule has 0 saturated heterocycles. The molecule has 0 spiro atoms. The Bertz CT molecular complexity index is 916. The van der Waals surface area contributed by atoms with Crippen LogP contribution in [-0.4, -0.2) is 39.3 Å². The molecule has 0 bridgehead atoms. The van der Waals surface area contributed by atoms with Crippen LogP contribution in [0, 0.1) is 6.92 Å². The molecule has 8 heteroatoms. The SMILES string of the molecule is Cc1ccc(OC[C@@H](C)NC(=O)[C@H](C)N(c2cccc(Cl)c2)S(C)(=O)=O)cc1. The lowest BCUT2D eigenvalue weighted by Gasteiger charge is -2.29. The molecule has 2 rings (SSSR count).